The van der Waals surface area contributed by atoms with E-state index in [4.69, 9.17) is 5.11 Å². The molecular weight excluding hydrogens is 178 g/mol. The summed E-state index contributed by atoms with van der Waals surface area (Å²) in [5.41, 5.74) is 0.168. The number of rotatable bonds is 4. The number of nitrogens with one attached hydrogen (secondary N) is 1. The molecule has 14 heavy (non-hydrogen) atoms. The number of aliphatic hydroxyl groups excluding tert-OH is 1. The Morgan fingerprint density at radius 1 is 1.43 bits per heavy atom. The molecular formula is C11H21NO2. The van der Waals surface area contributed by atoms with Crippen molar-refractivity contribution in [3.05, 3.63) is 0 Å². The van der Waals surface area contributed by atoms with Crippen molar-refractivity contribution >= 4 is 5.91 Å². The second kappa shape index (κ2) is 4.78. The van der Waals surface area contributed by atoms with Gasteiger partial charge in [0.15, 0.2) is 0 Å². The molecule has 0 spiro atoms. The van der Waals surface area contributed by atoms with E-state index < -0.39 is 6.61 Å². The topological polar surface area (TPSA) is 49.3 Å². The molecule has 0 heterocycles. The predicted octanol–water partition coefficient (Wildman–Crippen LogP) is 1.31. The van der Waals surface area contributed by atoms with Crippen molar-refractivity contribution in [1.82, 2.24) is 5.32 Å². The molecule has 0 aliphatic heterocycles. The number of amides is 1. The summed E-state index contributed by atoms with van der Waals surface area (Å²) in [5.74, 6) is 0.456. The average molecular weight is 199 g/mol. The van der Waals surface area contributed by atoms with Crippen molar-refractivity contribution in [2.24, 2.45) is 11.3 Å². The number of hydrogen-bond donors (Lipinski definition) is 2. The van der Waals surface area contributed by atoms with Gasteiger partial charge in [-0.15, -0.1) is 0 Å². The fourth-order valence-electron chi connectivity index (χ4n) is 2.23. The largest absolute Gasteiger partial charge is 0.387 e. The lowest BCUT2D eigenvalue weighted by Gasteiger charge is -2.31. The van der Waals surface area contributed by atoms with E-state index in [1.165, 1.54) is 25.7 Å². The fourth-order valence-corrected chi connectivity index (χ4v) is 2.23. The third-order valence-electron chi connectivity index (χ3n) is 3.35. The summed E-state index contributed by atoms with van der Waals surface area (Å²) in [4.78, 5) is 10.9. The second-order valence-corrected chi connectivity index (χ2v) is 4.90. The highest BCUT2D eigenvalue weighted by atomic mass is 16.3. The maximum atomic E-state index is 10.9. The van der Waals surface area contributed by atoms with Crippen molar-refractivity contribution in [3.63, 3.8) is 0 Å². The third kappa shape index (κ3) is 2.98. The van der Waals surface area contributed by atoms with E-state index in [9.17, 15) is 4.79 Å². The van der Waals surface area contributed by atoms with E-state index in [1.807, 2.05) is 0 Å². The summed E-state index contributed by atoms with van der Waals surface area (Å²) in [6, 6.07) is 0. The Bertz CT molecular complexity index is 195. The first-order valence-electron chi connectivity index (χ1n) is 5.44. The molecule has 0 unspecified atom stereocenters. The third-order valence-corrected chi connectivity index (χ3v) is 3.35. The molecule has 3 nitrogen and oxygen atoms in total. The Morgan fingerprint density at radius 3 is 2.50 bits per heavy atom. The lowest BCUT2D eigenvalue weighted by atomic mass is 9.78. The Balaban J connectivity index is 2.36. The number of carbonyl (C=O) groups is 1. The lowest BCUT2D eigenvalue weighted by molar-refractivity contribution is -0.124. The van der Waals surface area contributed by atoms with Gasteiger partial charge in [0.1, 0.15) is 6.61 Å². The quantitative estimate of drug-likeness (QED) is 0.717. The lowest BCUT2D eigenvalue weighted by Crippen LogP contribution is -2.38. The van der Waals surface area contributed by atoms with Crippen molar-refractivity contribution in [2.45, 2.75) is 39.5 Å². The van der Waals surface area contributed by atoms with Gasteiger partial charge in [-0.1, -0.05) is 26.7 Å². The summed E-state index contributed by atoms with van der Waals surface area (Å²) in [7, 11) is 0. The second-order valence-electron chi connectivity index (χ2n) is 4.90. The van der Waals surface area contributed by atoms with Crippen LogP contribution in [0.2, 0.25) is 0 Å². The molecule has 1 amide bonds. The molecule has 1 aliphatic carbocycles. The van der Waals surface area contributed by atoms with Crippen LogP contribution in [0.15, 0.2) is 0 Å². The highest BCUT2D eigenvalue weighted by Crippen LogP contribution is 2.38. The molecule has 1 fully saturated rings. The summed E-state index contributed by atoms with van der Waals surface area (Å²) in [6.45, 7) is 4.67. The predicted molar refractivity (Wildman–Crippen MR) is 55.8 cm³/mol. The molecule has 0 aromatic rings. The summed E-state index contributed by atoms with van der Waals surface area (Å²) < 4.78 is 0. The molecule has 0 atom stereocenters. The first kappa shape index (κ1) is 11.5. The number of aliphatic hydroxyl groups is 1. The SMILES string of the molecule is CC(C)(CNC(=O)CO)C1CCCC1. The van der Waals surface area contributed by atoms with Crippen LogP contribution in [0, 0.1) is 11.3 Å². The minimum atomic E-state index is -0.402. The molecule has 1 aliphatic rings. The molecule has 1 rings (SSSR count). The van der Waals surface area contributed by atoms with Gasteiger partial charge in [0.05, 0.1) is 0 Å². The Labute approximate surface area is 85.9 Å². The van der Waals surface area contributed by atoms with Crippen LogP contribution in [0.25, 0.3) is 0 Å². The Morgan fingerprint density at radius 2 is 2.00 bits per heavy atom. The standard InChI is InChI=1S/C11H21NO2/c1-11(2,8-12-10(14)7-13)9-5-3-4-6-9/h9,13H,3-8H2,1-2H3,(H,12,14). The van der Waals surface area contributed by atoms with E-state index in [0.29, 0.717) is 6.54 Å². The van der Waals surface area contributed by atoms with E-state index in [-0.39, 0.29) is 11.3 Å². The first-order chi connectivity index (χ1) is 6.56. The van der Waals surface area contributed by atoms with E-state index >= 15 is 0 Å². The molecule has 82 valence electrons. The zero-order valence-electron chi connectivity index (χ0n) is 9.18. The van der Waals surface area contributed by atoms with Crippen LogP contribution in [0.5, 0.6) is 0 Å². The summed E-state index contributed by atoms with van der Waals surface area (Å²) in [6.07, 6.45) is 5.20. The van der Waals surface area contributed by atoms with Crippen LogP contribution in [0.4, 0.5) is 0 Å². The van der Waals surface area contributed by atoms with Crippen molar-refractivity contribution < 1.29 is 9.90 Å². The summed E-state index contributed by atoms with van der Waals surface area (Å²) in [5, 5.41) is 11.3. The van der Waals surface area contributed by atoms with E-state index in [0.717, 1.165) is 5.92 Å². The van der Waals surface area contributed by atoms with Crippen LogP contribution < -0.4 is 5.32 Å². The van der Waals surface area contributed by atoms with E-state index in [1.54, 1.807) is 0 Å². The van der Waals surface area contributed by atoms with Crippen LogP contribution in [0.1, 0.15) is 39.5 Å². The first-order valence-corrected chi connectivity index (χ1v) is 5.44. The van der Waals surface area contributed by atoms with Crippen LogP contribution in [0.3, 0.4) is 0 Å². The van der Waals surface area contributed by atoms with Gasteiger partial charge >= 0.3 is 0 Å². The molecule has 2 N–H and O–H groups in total. The van der Waals surface area contributed by atoms with Crippen molar-refractivity contribution in [2.75, 3.05) is 13.2 Å². The highest BCUT2D eigenvalue weighted by molar-refractivity contribution is 5.76. The minimum Gasteiger partial charge on any atom is -0.387 e. The van der Waals surface area contributed by atoms with Gasteiger partial charge in [0.2, 0.25) is 5.91 Å². The van der Waals surface area contributed by atoms with Gasteiger partial charge < -0.3 is 10.4 Å². The summed E-state index contributed by atoms with van der Waals surface area (Å²) >= 11 is 0. The van der Waals surface area contributed by atoms with Crippen molar-refractivity contribution in [1.29, 1.82) is 0 Å². The van der Waals surface area contributed by atoms with Crippen LogP contribution >= 0.6 is 0 Å². The molecule has 3 heteroatoms. The van der Waals surface area contributed by atoms with Crippen LogP contribution in [-0.2, 0) is 4.79 Å². The minimum absolute atomic E-state index is 0.168. The average Bonchev–Trinajstić information content (AvgIpc) is 2.67. The van der Waals surface area contributed by atoms with Gasteiger partial charge in [-0.25, -0.2) is 0 Å². The molecule has 0 bridgehead atoms. The number of carbonyl (C=O) groups excluding carboxylic acids is 1. The van der Waals surface area contributed by atoms with Crippen LogP contribution in [-0.4, -0.2) is 24.2 Å². The number of hydrogen-bond acceptors (Lipinski definition) is 2. The maximum absolute atomic E-state index is 10.9. The smallest absolute Gasteiger partial charge is 0.245 e. The monoisotopic (exact) mass is 199 g/mol. The van der Waals surface area contributed by atoms with Gasteiger partial charge in [-0.2, -0.15) is 0 Å². The molecule has 0 radical (unpaired) electrons. The molecule has 0 aromatic carbocycles. The Hall–Kier alpha value is -0.570. The normalized spacial score (nSPS) is 18.5. The van der Waals surface area contributed by atoms with Gasteiger partial charge in [0, 0.05) is 6.54 Å². The van der Waals surface area contributed by atoms with Gasteiger partial charge in [-0.3, -0.25) is 4.79 Å². The molecule has 0 aromatic heterocycles. The Kier molecular flexibility index (Phi) is 3.93. The fraction of sp³-hybridized carbons (Fsp3) is 0.909. The maximum Gasteiger partial charge on any atom is 0.245 e. The molecule has 0 saturated heterocycles. The van der Waals surface area contributed by atoms with Gasteiger partial charge in [0.25, 0.3) is 0 Å². The zero-order valence-corrected chi connectivity index (χ0v) is 9.18. The van der Waals surface area contributed by atoms with E-state index in [2.05, 4.69) is 19.2 Å². The molecule has 1 saturated carbocycles. The highest BCUT2D eigenvalue weighted by Gasteiger charge is 2.31. The zero-order chi connectivity index (χ0) is 10.6. The van der Waals surface area contributed by atoms with Crippen molar-refractivity contribution in [3.8, 4) is 0 Å². The van der Waals surface area contributed by atoms with Gasteiger partial charge in [-0.05, 0) is 24.2 Å².